The maximum absolute atomic E-state index is 13.0. The Hall–Kier alpha value is -2.41. The predicted molar refractivity (Wildman–Crippen MR) is 84.1 cm³/mol. The fourth-order valence-electron chi connectivity index (χ4n) is 2.48. The van der Waals surface area contributed by atoms with Crippen molar-refractivity contribution in [3.8, 4) is 17.2 Å². The summed E-state index contributed by atoms with van der Waals surface area (Å²) in [6.45, 7) is 0.433. The molecule has 0 N–H and O–H groups in total. The Labute approximate surface area is 143 Å². The molecule has 0 saturated carbocycles. The molecule has 1 heterocycles. The second-order valence-electron chi connectivity index (χ2n) is 5.58. The first-order chi connectivity index (χ1) is 11.9. The van der Waals surface area contributed by atoms with Crippen molar-refractivity contribution in [3.05, 3.63) is 53.6 Å². The molecule has 0 bridgehead atoms. The van der Waals surface area contributed by atoms with Gasteiger partial charge in [-0.1, -0.05) is 12.1 Å². The van der Waals surface area contributed by atoms with Gasteiger partial charge >= 0.3 is 6.18 Å². The van der Waals surface area contributed by atoms with Gasteiger partial charge < -0.3 is 18.9 Å². The van der Waals surface area contributed by atoms with Gasteiger partial charge in [-0.2, -0.15) is 13.2 Å². The Bertz CT molecular complexity index is 719. The van der Waals surface area contributed by atoms with Crippen LogP contribution in [0.15, 0.2) is 42.5 Å². The Balaban J connectivity index is 1.91. The third kappa shape index (κ3) is 4.17. The van der Waals surface area contributed by atoms with Gasteiger partial charge in [0.2, 0.25) is 0 Å². The molecule has 4 nitrogen and oxygen atoms in total. The largest absolute Gasteiger partial charge is 0.496 e. The van der Waals surface area contributed by atoms with Gasteiger partial charge in [0.05, 0.1) is 26.4 Å². The van der Waals surface area contributed by atoms with E-state index in [4.69, 9.17) is 18.9 Å². The minimum atomic E-state index is -4.41. The van der Waals surface area contributed by atoms with Crippen molar-refractivity contribution >= 4 is 0 Å². The first-order valence-corrected chi connectivity index (χ1v) is 7.59. The summed E-state index contributed by atoms with van der Waals surface area (Å²) in [6.07, 6.45) is -5.36. The van der Waals surface area contributed by atoms with E-state index in [-0.39, 0.29) is 6.10 Å². The molecule has 7 heteroatoms. The van der Waals surface area contributed by atoms with Gasteiger partial charge in [0, 0.05) is 18.2 Å². The average molecular weight is 354 g/mol. The molecule has 2 aromatic carbocycles. The molecule has 0 spiro atoms. The second-order valence-corrected chi connectivity index (χ2v) is 5.58. The summed E-state index contributed by atoms with van der Waals surface area (Å²) in [7, 11) is 3.01. The van der Waals surface area contributed by atoms with E-state index in [9.17, 15) is 13.2 Å². The summed E-state index contributed by atoms with van der Waals surface area (Å²) < 4.78 is 60.5. The van der Waals surface area contributed by atoms with Crippen LogP contribution in [0.1, 0.15) is 17.2 Å². The molecule has 134 valence electrons. The molecule has 0 aromatic heterocycles. The lowest BCUT2D eigenvalue weighted by Gasteiger charge is -2.20. The normalized spacial score (nSPS) is 17.7. The quantitative estimate of drug-likeness (QED) is 0.728. The first-order valence-electron chi connectivity index (χ1n) is 7.59. The van der Waals surface area contributed by atoms with Crippen molar-refractivity contribution in [1.82, 2.24) is 0 Å². The number of halogens is 3. The summed E-state index contributed by atoms with van der Waals surface area (Å²) in [5.74, 6) is 1.47. The van der Waals surface area contributed by atoms with Crippen molar-refractivity contribution in [2.24, 2.45) is 0 Å². The summed E-state index contributed by atoms with van der Waals surface area (Å²) in [5, 5.41) is 0. The van der Waals surface area contributed by atoms with Gasteiger partial charge in [-0.05, 0) is 17.7 Å². The molecule has 0 radical (unpaired) electrons. The van der Waals surface area contributed by atoms with Gasteiger partial charge in [0.1, 0.15) is 23.4 Å². The Kier molecular flexibility index (Phi) is 4.76. The van der Waals surface area contributed by atoms with Crippen LogP contribution in [0.3, 0.4) is 0 Å². The molecular formula is C18H17F3O4. The van der Waals surface area contributed by atoms with Gasteiger partial charge in [0.15, 0.2) is 6.10 Å². The SMILES string of the molecule is COc1cc(OC)cc(O[C@H](c2cccc(C(F)(F)F)c2)[C@@H]2CO2)c1. The predicted octanol–water partition coefficient (Wildman–Crippen LogP) is 4.24. The molecule has 1 aliphatic heterocycles. The molecular weight excluding hydrogens is 337 g/mol. The molecule has 0 aliphatic carbocycles. The van der Waals surface area contributed by atoms with E-state index in [1.165, 1.54) is 20.3 Å². The summed E-state index contributed by atoms with van der Waals surface area (Å²) in [6, 6.07) is 10.0. The third-order valence-corrected chi connectivity index (χ3v) is 3.83. The van der Waals surface area contributed by atoms with Gasteiger partial charge in [0.25, 0.3) is 0 Å². The van der Waals surface area contributed by atoms with Crippen molar-refractivity contribution in [2.45, 2.75) is 18.4 Å². The molecule has 0 unspecified atom stereocenters. The lowest BCUT2D eigenvalue weighted by Crippen LogP contribution is -2.15. The molecule has 1 fully saturated rings. The Morgan fingerprint density at radius 1 is 1.00 bits per heavy atom. The number of methoxy groups -OCH3 is 2. The van der Waals surface area contributed by atoms with Crippen molar-refractivity contribution in [2.75, 3.05) is 20.8 Å². The number of rotatable bonds is 6. The lowest BCUT2D eigenvalue weighted by molar-refractivity contribution is -0.137. The molecule has 2 aromatic rings. The average Bonchev–Trinajstić information content (AvgIpc) is 3.43. The van der Waals surface area contributed by atoms with E-state index in [1.54, 1.807) is 24.3 Å². The second kappa shape index (κ2) is 6.84. The lowest BCUT2D eigenvalue weighted by atomic mass is 10.0. The number of ether oxygens (including phenoxy) is 4. The van der Waals surface area contributed by atoms with Crippen LogP contribution >= 0.6 is 0 Å². The topological polar surface area (TPSA) is 40.2 Å². The number of benzene rings is 2. The molecule has 1 saturated heterocycles. The minimum Gasteiger partial charge on any atom is -0.496 e. The summed E-state index contributed by atoms with van der Waals surface area (Å²) >= 11 is 0. The van der Waals surface area contributed by atoms with Crippen molar-refractivity contribution in [1.29, 1.82) is 0 Å². The first kappa shape index (κ1) is 17.4. The molecule has 2 atom stereocenters. The van der Waals surface area contributed by atoms with Crippen LogP contribution in [0, 0.1) is 0 Å². The van der Waals surface area contributed by atoms with E-state index in [0.29, 0.717) is 29.4 Å². The van der Waals surface area contributed by atoms with Crippen LogP contribution < -0.4 is 14.2 Å². The van der Waals surface area contributed by atoms with Crippen LogP contribution in [-0.2, 0) is 10.9 Å². The van der Waals surface area contributed by atoms with Crippen LogP contribution in [0.4, 0.5) is 13.2 Å². The fourth-order valence-corrected chi connectivity index (χ4v) is 2.48. The highest BCUT2D eigenvalue weighted by atomic mass is 19.4. The van der Waals surface area contributed by atoms with Gasteiger partial charge in [-0.3, -0.25) is 0 Å². The maximum atomic E-state index is 13.0. The summed E-state index contributed by atoms with van der Waals surface area (Å²) in [5.41, 5.74) is -0.318. The van der Waals surface area contributed by atoms with Crippen LogP contribution in [0.25, 0.3) is 0 Å². The number of epoxide rings is 1. The van der Waals surface area contributed by atoms with Crippen molar-refractivity contribution < 1.29 is 32.1 Å². The van der Waals surface area contributed by atoms with E-state index >= 15 is 0 Å². The molecule has 3 rings (SSSR count). The molecule has 0 amide bonds. The smallest absolute Gasteiger partial charge is 0.416 e. The number of hydrogen-bond donors (Lipinski definition) is 0. The monoisotopic (exact) mass is 354 g/mol. The third-order valence-electron chi connectivity index (χ3n) is 3.83. The zero-order chi connectivity index (χ0) is 18.0. The van der Waals surface area contributed by atoms with E-state index in [0.717, 1.165) is 12.1 Å². The highest BCUT2D eigenvalue weighted by molar-refractivity contribution is 5.42. The van der Waals surface area contributed by atoms with E-state index < -0.39 is 17.8 Å². The minimum absolute atomic E-state index is 0.291. The van der Waals surface area contributed by atoms with E-state index in [1.807, 2.05) is 0 Å². The zero-order valence-corrected chi connectivity index (χ0v) is 13.7. The summed E-state index contributed by atoms with van der Waals surface area (Å²) in [4.78, 5) is 0. The Morgan fingerprint density at radius 3 is 2.12 bits per heavy atom. The number of hydrogen-bond acceptors (Lipinski definition) is 4. The van der Waals surface area contributed by atoms with Crippen LogP contribution in [0.2, 0.25) is 0 Å². The highest BCUT2D eigenvalue weighted by Gasteiger charge is 2.38. The molecule has 1 aliphatic rings. The van der Waals surface area contributed by atoms with Crippen LogP contribution in [0.5, 0.6) is 17.2 Å². The van der Waals surface area contributed by atoms with Crippen LogP contribution in [-0.4, -0.2) is 26.9 Å². The Morgan fingerprint density at radius 2 is 1.60 bits per heavy atom. The highest BCUT2D eigenvalue weighted by Crippen LogP contribution is 2.38. The van der Waals surface area contributed by atoms with Crippen molar-refractivity contribution in [3.63, 3.8) is 0 Å². The maximum Gasteiger partial charge on any atom is 0.416 e. The standard InChI is InChI=1S/C18H17F3O4/c1-22-13-7-14(23-2)9-15(8-13)25-17(16-10-24-16)11-4-3-5-12(6-11)18(19,20)21/h3-9,16-17H,10H2,1-2H3/t16-,17+/m0/s1. The fraction of sp³-hybridized carbons (Fsp3) is 0.333. The molecule has 25 heavy (non-hydrogen) atoms. The zero-order valence-electron chi connectivity index (χ0n) is 13.7. The number of alkyl halides is 3. The van der Waals surface area contributed by atoms with E-state index in [2.05, 4.69) is 0 Å². The van der Waals surface area contributed by atoms with Gasteiger partial charge in [-0.15, -0.1) is 0 Å². The van der Waals surface area contributed by atoms with Gasteiger partial charge in [-0.25, -0.2) is 0 Å².